The number of fused-ring (bicyclic) bond motifs is 1. The number of rotatable bonds is 6. The zero-order valence-corrected chi connectivity index (χ0v) is 13.2. The molecule has 1 atom stereocenters. The van der Waals surface area contributed by atoms with Crippen LogP contribution in [0.1, 0.15) is 32.1 Å². The van der Waals surface area contributed by atoms with E-state index in [4.69, 9.17) is 4.74 Å². The molecule has 2 N–H and O–H groups in total. The number of H-pyrrole nitrogens is 1. The fraction of sp³-hybridized carbons (Fsp3) is 0.562. The third-order valence-corrected chi connectivity index (χ3v) is 5.18. The Bertz CT molecular complexity index is 593. The Kier molecular flexibility index (Phi) is 4.70. The normalized spacial score (nSPS) is 17.4. The molecule has 1 aliphatic rings. The number of methoxy groups -OCH3 is 1. The van der Waals surface area contributed by atoms with Gasteiger partial charge < -0.3 is 14.8 Å². The first-order valence-corrected chi connectivity index (χ1v) is 8.58. The topological polar surface area (TPSA) is 58.1 Å². The molecule has 1 heterocycles. The van der Waals surface area contributed by atoms with Gasteiger partial charge in [-0.1, -0.05) is 37.4 Å². The fourth-order valence-corrected chi connectivity index (χ4v) is 3.87. The van der Waals surface area contributed by atoms with E-state index in [-0.39, 0.29) is 6.10 Å². The van der Waals surface area contributed by atoms with E-state index in [0.717, 1.165) is 34.3 Å². The fourth-order valence-electron chi connectivity index (χ4n) is 3.03. The molecule has 1 fully saturated rings. The summed E-state index contributed by atoms with van der Waals surface area (Å²) in [4.78, 5) is 7.81. The minimum absolute atomic E-state index is 0.235. The number of aliphatic hydroxyl groups excluding tert-OH is 1. The van der Waals surface area contributed by atoms with Gasteiger partial charge in [0, 0.05) is 11.8 Å². The van der Waals surface area contributed by atoms with Gasteiger partial charge in [0.15, 0.2) is 5.16 Å². The SMILES string of the molecule is COc1ccc2nc(SCC(O)CC3CCCC3)[nH]c2c1. The molecule has 114 valence electrons. The lowest BCUT2D eigenvalue weighted by molar-refractivity contribution is 0.165. The smallest absolute Gasteiger partial charge is 0.166 e. The van der Waals surface area contributed by atoms with Crippen LogP contribution < -0.4 is 4.74 Å². The van der Waals surface area contributed by atoms with Crippen molar-refractivity contribution in [1.82, 2.24) is 9.97 Å². The summed E-state index contributed by atoms with van der Waals surface area (Å²) >= 11 is 1.59. The maximum atomic E-state index is 10.1. The van der Waals surface area contributed by atoms with Crippen LogP contribution in [0.25, 0.3) is 11.0 Å². The number of ether oxygens (including phenoxy) is 1. The lowest BCUT2D eigenvalue weighted by atomic mass is 10.0. The van der Waals surface area contributed by atoms with E-state index in [1.54, 1.807) is 18.9 Å². The first kappa shape index (κ1) is 14.7. The van der Waals surface area contributed by atoms with E-state index in [1.165, 1.54) is 25.7 Å². The van der Waals surface area contributed by atoms with Crippen LogP contribution in [0, 0.1) is 5.92 Å². The van der Waals surface area contributed by atoms with Crippen LogP contribution in [0.3, 0.4) is 0 Å². The highest BCUT2D eigenvalue weighted by molar-refractivity contribution is 7.99. The number of hydrogen-bond acceptors (Lipinski definition) is 4. The van der Waals surface area contributed by atoms with Gasteiger partial charge in [-0.2, -0.15) is 0 Å². The highest BCUT2D eigenvalue weighted by Crippen LogP contribution is 2.30. The number of thioether (sulfide) groups is 1. The molecule has 0 saturated heterocycles. The van der Waals surface area contributed by atoms with Crippen molar-refractivity contribution in [1.29, 1.82) is 0 Å². The molecule has 4 nitrogen and oxygen atoms in total. The summed E-state index contributed by atoms with van der Waals surface area (Å²) in [5, 5.41) is 11.0. The zero-order chi connectivity index (χ0) is 14.7. The summed E-state index contributed by atoms with van der Waals surface area (Å²) in [6.07, 6.45) is 5.92. The molecule has 1 saturated carbocycles. The predicted molar refractivity (Wildman–Crippen MR) is 86.0 cm³/mol. The number of benzene rings is 1. The second kappa shape index (κ2) is 6.71. The van der Waals surface area contributed by atoms with Crippen molar-refractivity contribution in [3.05, 3.63) is 18.2 Å². The summed E-state index contributed by atoms with van der Waals surface area (Å²) in [7, 11) is 1.66. The van der Waals surface area contributed by atoms with Crippen LogP contribution in [0.5, 0.6) is 5.75 Å². The number of aromatic amines is 1. The van der Waals surface area contributed by atoms with Crippen LogP contribution >= 0.6 is 11.8 Å². The van der Waals surface area contributed by atoms with Crippen LogP contribution in [-0.4, -0.2) is 34.0 Å². The van der Waals surface area contributed by atoms with E-state index in [0.29, 0.717) is 5.75 Å². The minimum Gasteiger partial charge on any atom is -0.497 e. The Labute approximate surface area is 129 Å². The number of nitrogens with zero attached hydrogens (tertiary/aromatic N) is 1. The van der Waals surface area contributed by atoms with Crippen molar-refractivity contribution in [3.8, 4) is 5.75 Å². The van der Waals surface area contributed by atoms with E-state index in [1.807, 2.05) is 18.2 Å². The van der Waals surface area contributed by atoms with Gasteiger partial charge >= 0.3 is 0 Å². The summed E-state index contributed by atoms with van der Waals surface area (Å²) in [5.74, 6) is 2.25. The van der Waals surface area contributed by atoms with Crippen molar-refractivity contribution < 1.29 is 9.84 Å². The molecule has 0 bridgehead atoms. The monoisotopic (exact) mass is 306 g/mol. The molecule has 1 aromatic carbocycles. The number of nitrogens with one attached hydrogen (secondary N) is 1. The number of aliphatic hydroxyl groups is 1. The molecule has 3 rings (SSSR count). The lowest BCUT2D eigenvalue weighted by Gasteiger charge is -2.14. The molecule has 0 spiro atoms. The number of imidazole rings is 1. The van der Waals surface area contributed by atoms with Crippen LogP contribution in [0.4, 0.5) is 0 Å². The maximum absolute atomic E-state index is 10.1. The molecule has 5 heteroatoms. The molecule has 21 heavy (non-hydrogen) atoms. The van der Waals surface area contributed by atoms with Crippen molar-refractivity contribution >= 4 is 22.8 Å². The number of aromatic nitrogens is 2. The molecule has 1 unspecified atom stereocenters. The summed E-state index contributed by atoms with van der Waals surface area (Å²) in [6.45, 7) is 0. The molecule has 1 aliphatic carbocycles. The van der Waals surface area contributed by atoms with Crippen molar-refractivity contribution in [2.24, 2.45) is 5.92 Å². The van der Waals surface area contributed by atoms with Crippen LogP contribution in [0.2, 0.25) is 0 Å². The molecule has 0 aliphatic heterocycles. The quantitative estimate of drug-likeness (QED) is 0.801. The Morgan fingerprint density at radius 3 is 3.00 bits per heavy atom. The Morgan fingerprint density at radius 2 is 2.24 bits per heavy atom. The van der Waals surface area contributed by atoms with Crippen LogP contribution in [-0.2, 0) is 0 Å². The van der Waals surface area contributed by atoms with Gasteiger partial charge in [0.05, 0.1) is 24.2 Å². The standard InChI is InChI=1S/C16H22N2O2S/c1-20-13-6-7-14-15(9-13)18-16(17-14)21-10-12(19)8-11-4-2-3-5-11/h6-7,9,11-12,19H,2-5,8,10H2,1H3,(H,17,18). The molecule has 2 aromatic rings. The van der Waals surface area contributed by atoms with Gasteiger partial charge in [-0.15, -0.1) is 0 Å². The van der Waals surface area contributed by atoms with Crippen molar-refractivity contribution in [3.63, 3.8) is 0 Å². The molecular weight excluding hydrogens is 284 g/mol. The van der Waals surface area contributed by atoms with E-state index < -0.39 is 0 Å². The van der Waals surface area contributed by atoms with Crippen molar-refractivity contribution in [2.45, 2.75) is 43.4 Å². The van der Waals surface area contributed by atoms with E-state index >= 15 is 0 Å². The van der Waals surface area contributed by atoms with Gasteiger partial charge in [0.1, 0.15) is 5.75 Å². The molecular formula is C16H22N2O2S. The van der Waals surface area contributed by atoms with Gasteiger partial charge in [0.2, 0.25) is 0 Å². The summed E-state index contributed by atoms with van der Waals surface area (Å²) < 4.78 is 5.21. The van der Waals surface area contributed by atoms with Gasteiger partial charge in [-0.3, -0.25) is 0 Å². The minimum atomic E-state index is -0.235. The average molecular weight is 306 g/mol. The third kappa shape index (κ3) is 3.71. The Hall–Kier alpha value is -1.20. The van der Waals surface area contributed by atoms with Crippen molar-refractivity contribution in [2.75, 3.05) is 12.9 Å². The zero-order valence-electron chi connectivity index (χ0n) is 12.3. The van der Waals surface area contributed by atoms with Gasteiger partial charge in [-0.25, -0.2) is 4.98 Å². The highest BCUT2D eigenvalue weighted by Gasteiger charge is 2.19. The van der Waals surface area contributed by atoms with Gasteiger partial charge in [-0.05, 0) is 24.5 Å². The highest BCUT2D eigenvalue weighted by atomic mass is 32.2. The third-order valence-electron chi connectivity index (χ3n) is 4.16. The summed E-state index contributed by atoms with van der Waals surface area (Å²) in [6, 6.07) is 5.80. The Morgan fingerprint density at radius 1 is 1.43 bits per heavy atom. The predicted octanol–water partition coefficient (Wildman–Crippen LogP) is 3.60. The first-order chi connectivity index (χ1) is 10.2. The molecule has 0 radical (unpaired) electrons. The maximum Gasteiger partial charge on any atom is 0.166 e. The molecule has 1 aromatic heterocycles. The lowest BCUT2D eigenvalue weighted by Crippen LogP contribution is -2.14. The summed E-state index contributed by atoms with van der Waals surface area (Å²) in [5.41, 5.74) is 1.91. The number of hydrogen-bond donors (Lipinski definition) is 2. The van der Waals surface area contributed by atoms with Crippen LogP contribution in [0.15, 0.2) is 23.4 Å². The second-order valence-electron chi connectivity index (χ2n) is 5.78. The van der Waals surface area contributed by atoms with E-state index in [2.05, 4.69) is 9.97 Å². The molecule has 0 amide bonds. The largest absolute Gasteiger partial charge is 0.497 e. The van der Waals surface area contributed by atoms with Gasteiger partial charge in [0.25, 0.3) is 0 Å². The van der Waals surface area contributed by atoms with E-state index in [9.17, 15) is 5.11 Å². The average Bonchev–Trinajstić information content (AvgIpc) is 3.12. The first-order valence-electron chi connectivity index (χ1n) is 7.59. The Balaban J connectivity index is 1.57. The second-order valence-corrected chi connectivity index (χ2v) is 6.78.